The van der Waals surface area contributed by atoms with E-state index in [0.29, 0.717) is 0 Å². The van der Waals surface area contributed by atoms with E-state index in [9.17, 15) is 0 Å². The van der Waals surface area contributed by atoms with Gasteiger partial charge in [-0.15, -0.1) is 19.7 Å². The highest BCUT2D eigenvalue weighted by Crippen LogP contribution is 1.80. The largest absolute Gasteiger partial charge is 0.400 e. The van der Waals surface area contributed by atoms with Crippen LogP contribution in [0.2, 0.25) is 0 Å². The quantitative estimate of drug-likeness (QED) is 0.0570. The first-order valence-corrected chi connectivity index (χ1v) is 13.8. The number of hydrogen-bond donors (Lipinski definition) is 33. The molecule has 36 nitrogen and oxygen atoms in total. The molecule has 59 heavy (non-hydrogen) atoms. The molecule has 0 saturated heterocycles. The first kappa shape index (κ1) is 174. The van der Waals surface area contributed by atoms with E-state index in [0.717, 1.165) is 33.9 Å². The number of hydrogen-bond acceptors (Lipinski definition) is 36. The lowest BCUT2D eigenvalue weighted by atomic mass is 10.5. The molecule has 0 aromatic rings. The van der Waals surface area contributed by atoms with Gasteiger partial charge < -0.3 is 20.1 Å². The summed E-state index contributed by atoms with van der Waals surface area (Å²) in [5, 5.41) is 209. The summed E-state index contributed by atoms with van der Waals surface area (Å²) in [4.78, 5) is 0. The minimum absolute atomic E-state index is 0.250. The fourth-order valence-corrected chi connectivity index (χ4v) is 0.311. The molecule has 0 saturated carbocycles. The Morgan fingerprint density at radius 3 is 0.508 bits per heavy atom. The van der Waals surface area contributed by atoms with Crippen LogP contribution in [-0.2, 0) is 14.8 Å². The van der Waals surface area contributed by atoms with Crippen molar-refractivity contribution in [2.75, 3.05) is 34.0 Å². The van der Waals surface area contributed by atoms with Crippen molar-refractivity contribution in [2.24, 2.45) is 0 Å². The van der Waals surface area contributed by atoms with Gasteiger partial charge in [0.05, 0.1) is 0 Å². The van der Waals surface area contributed by atoms with Crippen LogP contribution in [0.1, 0.15) is 95.9 Å². The second-order valence-electron chi connectivity index (χ2n) is 2.46. The van der Waals surface area contributed by atoms with Crippen molar-refractivity contribution in [1.82, 2.24) is 0 Å². The third kappa shape index (κ3) is 39300. The molecular formula is C23H92O36. The van der Waals surface area contributed by atoms with E-state index < -0.39 is 0 Å². The van der Waals surface area contributed by atoms with Crippen molar-refractivity contribution in [2.45, 2.75) is 95.9 Å². The van der Waals surface area contributed by atoms with Crippen LogP contribution in [0.25, 0.3) is 0 Å². The third-order valence-electron chi connectivity index (χ3n) is 0.670. The lowest BCUT2D eigenvalue weighted by molar-refractivity contribution is -0.465. The van der Waals surface area contributed by atoms with Gasteiger partial charge in [-0.05, 0) is 20.3 Å². The minimum Gasteiger partial charge on any atom is -0.400 e. The van der Waals surface area contributed by atoms with Gasteiger partial charge in [0, 0.05) is 34.0 Å². The van der Waals surface area contributed by atoms with Crippen LogP contribution in [0.15, 0.2) is 25.8 Å². The number of aliphatic hydroxyl groups excluding tert-OH is 3. The zero-order valence-corrected chi connectivity index (χ0v) is 36.2. The molecule has 0 aliphatic rings. The molecule has 33 N–H and O–H groups in total. The van der Waals surface area contributed by atoms with Gasteiger partial charge in [0.25, 0.3) is 0 Å². The van der Waals surface area contributed by atoms with Crippen LogP contribution >= 0.6 is 0 Å². The molecule has 0 heterocycles. The van der Waals surface area contributed by atoms with Gasteiger partial charge >= 0.3 is 0 Å². The fourth-order valence-electron chi connectivity index (χ4n) is 0.311. The lowest BCUT2D eigenvalue weighted by Gasteiger charge is -1.92. The Kier molecular flexibility index (Phi) is 10100. The standard InChI is InChI=1S/C6H12O.C3H8.C2H6O.4C2H6.C2H4.2CH4O.2H2O3.13H2O2/c1-3-5-6-7-4-2;1-3-2;1-2-3;7*1-2;2*1-3-2;13*1-2/h3H,1,4-6H2,2H3;3H2,1-2H3;3H,2H2,1H3;4*1-2H3;1-2H2;2*2H,1H3;2*1-2H;13*1-2H. The van der Waals surface area contributed by atoms with Gasteiger partial charge in [-0.3, -0.25) is 137 Å². The molecule has 0 aromatic heterocycles. The predicted octanol–water partition coefficient (Wildman–Crippen LogP) is 7.26. The van der Waals surface area contributed by atoms with Gasteiger partial charge in [0.15, 0.2) is 0 Å². The molecule has 0 aromatic carbocycles. The fraction of sp³-hybridized carbons (Fsp3) is 0.826. The molecule has 0 radical (unpaired) electrons. The maximum Gasteiger partial charge on any atom is 0.0500 e. The Bertz CT molecular complexity index is 133. The van der Waals surface area contributed by atoms with E-state index in [1.54, 1.807) is 6.92 Å². The monoisotopic (exact) mass is 945 g/mol. The van der Waals surface area contributed by atoms with Crippen molar-refractivity contribution in [3.8, 4) is 0 Å². The second kappa shape index (κ2) is 3430. The van der Waals surface area contributed by atoms with E-state index in [2.05, 4.69) is 43.7 Å². The predicted molar refractivity (Wildman–Crippen MR) is 214 cm³/mol. The van der Waals surface area contributed by atoms with Crippen molar-refractivity contribution >= 4 is 0 Å². The summed E-state index contributed by atoms with van der Waals surface area (Å²) in [7, 11) is 2.00. The Hall–Kier alpha value is -1.96. The van der Waals surface area contributed by atoms with Crippen LogP contribution < -0.4 is 0 Å². The van der Waals surface area contributed by atoms with Crippen LogP contribution in [-0.4, -0.2) is 207 Å². The summed E-state index contributed by atoms with van der Waals surface area (Å²) < 4.78 is 5.00. The first-order chi connectivity index (χ1) is 29.1. The Morgan fingerprint density at radius 1 is 0.373 bits per heavy atom. The number of rotatable bonds is 4. The average Bonchev–Trinajstić information content (AvgIpc) is 3.40. The molecule has 0 rings (SSSR count). The van der Waals surface area contributed by atoms with Gasteiger partial charge in [0.2, 0.25) is 0 Å². The van der Waals surface area contributed by atoms with Crippen LogP contribution in [0, 0.1) is 0 Å². The Labute approximate surface area is 344 Å². The summed E-state index contributed by atoms with van der Waals surface area (Å²) in [6.07, 6.45) is 4.07. The molecule has 0 spiro atoms. The van der Waals surface area contributed by atoms with Crippen molar-refractivity contribution in [3.63, 3.8) is 0 Å². The highest BCUT2D eigenvalue weighted by Gasteiger charge is 1.75. The van der Waals surface area contributed by atoms with E-state index in [1.807, 2.05) is 68.4 Å². The van der Waals surface area contributed by atoms with Gasteiger partial charge in [-0.25, -0.2) is 21.0 Å². The average molecular weight is 945 g/mol. The lowest BCUT2D eigenvalue weighted by Crippen LogP contribution is -1.89. The molecule has 0 amide bonds. The van der Waals surface area contributed by atoms with E-state index >= 15 is 0 Å². The normalized spacial score (nSPS) is 4.25. The maximum atomic E-state index is 7.57. The molecular weight excluding hydrogens is 852 g/mol. The van der Waals surface area contributed by atoms with Crippen LogP contribution in [0.3, 0.4) is 0 Å². The number of ether oxygens (including phenoxy) is 1. The highest BCUT2D eigenvalue weighted by atomic mass is 17.4. The Morgan fingerprint density at radius 2 is 0.458 bits per heavy atom. The smallest absolute Gasteiger partial charge is 0.0500 e. The topological polar surface area (TPSA) is 695 Å². The van der Waals surface area contributed by atoms with Crippen LogP contribution in [0.4, 0.5) is 0 Å². The molecule has 400 valence electrons. The molecule has 0 fully saturated rings. The van der Waals surface area contributed by atoms with E-state index in [-0.39, 0.29) is 6.61 Å². The Balaban J connectivity index is -0.00000000900. The molecule has 0 aliphatic carbocycles. The second-order valence-corrected chi connectivity index (χ2v) is 2.46. The van der Waals surface area contributed by atoms with Gasteiger partial charge in [-0.1, -0.05) is 91.8 Å². The van der Waals surface area contributed by atoms with E-state index in [4.69, 9.17) is 178 Å². The summed E-state index contributed by atoms with van der Waals surface area (Å²) in [6.45, 7) is 35.4. The first-order valence-electron chi connectivity index (χ1n) is 13.8. The molecule has 0 unspecified atom stereocenters. The van der Waals surface area contributed by atoms with Crippen molar-refractivity contribution in [3.05, 3.63) is 25.8 Å². The van der Waals surface area contributed by atoms with Gasteiger partial charge in [0.1, 0.15) is 0 Å². The molecule has 0 bridgehead atoms. The summed E-state index contributed by atoms with van der Waals surface area (Å²) in [5.74, 6) is 0. The summed E-state index contributed by atoms with van der Waals surface area (Å²) >= 11 is 0. The maximum absolute atomic E-state index is 7.57. The zero-order valence-electron chi connectivity index (χ0n) is 36.2. The van der Waals surface area contributed by atoms with Gasteiger partial charge in [-0.2, -0.15) is 0 Å². The van der Waals surface area contributed by atoms with E-state index in [1.165, 1.54) is 6.42 Å². The molecule has 0 aliphatic heterocycles. The molecule has 0 atom stereocenters. The van der Waals surface area contributed by atoms with Crippen molar-refractivity contribution in [1.29, 1.82) is 0 Å². The zero-order chi connectivity index (χ0) is 56.4. The minimum atomic E-state index is 0.250. The van der Waals surface area contributed by atoms with Crippen molar-refractivity contribution < 1.29 is 188 Å². The summed E-state index contributed by atoms with van der Waals surface area (Å²) in [5.41, 5.74) is 0. The molecule has 36 heteroatoms. The van der Waals surface area contributed by atoms with Crippen LogP contribution in [0.5, 0.6) is 0 Å². The highest BCUT2D eigenvalue weighted by molar-refractivity contribution is 4.64. The summed E-state index contributed by atoms with van der Waals surface area (Å²) in [6, 6.07) is 0. The SMILES string of the molecule is C=C.C=CCCOCC.CC.CC.CC.CC.CCC.CCO.CO.CO.OO.OO.OO.OO.OO.OO.OO.OO.OO.OO.OO.OO.OO.OOO.OOO. The third-order valence-corrected chi connectivity index (χ3v) is 0.670. The number of aliphatic hydroxyl groups is 3.